The van der Waals surface area contributed by atoms with E-state index in [4.69, 9.17) is 0 Å². The fourth-order valence-electron chi connectivity index (χ4n) is 2.38. The monoisotopic (exact) mass is 286 g/mol. The molecule has 0 saturated carbocycles. The third-order valence-corrected chi connectivity index (χ3v) is 3.55. The molecule has 0 spiro atoms. The number of amidine groups is 1. The number of aryl methyl sites for hydroxylation is 2. The third-order valence-electron chi connectivity index (χ3n) is 3.55. The molecule has 0 amide bonds. The molecule has 0 aliphatic carbocycles. The predicted octanol–water partition coefficient (Wildman–Crippen LogP) is 3.74. The molecule has 2 nitrogen and oxygen atoms in total. The number of benzene rings is 2. The Kier molecular flexibility index (Phi) is 4.46. The van der Waals surface area contributed by atoms with E-state index < -0.39 is 0 Å². The van der Waals surface area contributed by atoms with E-state index >= 15 is 0 Å². The maximum Gasteiger partial charge on any atom is 0.128 e. The van der Waals surface area contributed by atoms with Gasteiger partial charge in [-0.25, -0.2) is 0 Å². The van der Waals surface area contributed by atoms with Crippen molar-refractivity contribution in [2.24, 2.45) is 4.99 Å². The summed E-state index contributed by atoms with van der Waals surface area (Å²) in [5.74, 6) is 1.03. The highest BCUT2D eigenvalue weighted by atomic mass is 35.5. The molecular formula is C17H19ClN2. The van der Waals surface area contributed by atoms with Gasteiger partial charge in [0.2, 0.25) is 0 Å². The summed E-state index contributed by atoms with van der Waals surface area (Å²) in [6, 6.07) is 15.2. The van der Waals surface area contributed by atoms with Crippen molar-refractivity contribution < 1.29 is 0 Å². The van der Waals surface area contributed by atoms with Gasteiger partial charge in [-0.3, -0.25) is 4.99 Å². The van der Waals surface area contributed by atoms with Crippen LogP contribution in [-0.2, 0) is 0 Å². The first kappa shape index (κ1) is 14.6. The molecule has 104 valence electrons. The predicted molar refractivity (Wildman–Crippen MR) is 88.0 cm³/mol. The summed E-state index contributed by atoms with van der Waals surface area (Å²) in [5.41, 5.74) is 6.28. The van der Waals surface area contributed by atoms with Crippen LogP contribution in [0, 0.1) is 13.8 Å². The van der Waals surface area contributed by atoms with Crippen molar-refractivity contribution in [2.75, 3.05) is 13.1 Å². The van der Waals surface area contributed by atoms with Crippen LogP contribution in [0.4, 0.5) is 0 Å². The van der Waals surface area contributed by atoms with Gasteiger partial charge in [-0.2, -0.15) is 0 Å². The average Bonchev–Trinajstić information content (AvgIpc) is 2.94. The second-order valence-corrected chi connectivity index (χ2v) is 5.05. The van der Waals surface area contributed by atoms with Gasteiger partial charge in [0.15, 0.2) is 0 Å². The molecule has 1 N–H and O–H groups in total. The highest BCUT2D eigenvalue weighted by molar-refractivity contribution is 6.01. The van der Waals surface area contributed by atoms with Crippen LogP contribution in [0.15, 0.2) is 47.5 Å². The van der Waals surface area contributed by atoms with Crippen molar-refractivity contribution in [3.8, 4) is 11.1 Å². The number of rotatable bonds is 2. The van der Waals surface area contributed by atoms with E-state index in [-0.39, 0.29) is 12.4 Å². The van der Waals surface area contributed by atoms with E-state index in [2.05, 4.69) is 66.6 Å². The van der Waals surface area contributed by atoms with E-state index in [1.807, 2.05) is 0 Å². The van der Waals surface area contributed by atoms with Crippen molar-refractivity contribution in [1.82, 2.24) is 5.32 Å². The molecule has 1 heterocycles. The normalized spacial score (nSPS) is 13.4. The van der Waals surface area contributed by atoms with E-state index in [9.17, 15) is 0 Å². The van der Waals surface area contributed by atoms with E-state index in [0.29, 0.717) is 0 Å². The summed E-state index contributed by atoms with van der Waals surface area (Å²) in [4.78, 5) is 4.52. The molecule has 0 saturated heterocycles. The average molecular weight is 287 g/mol. The summed E-state index contributed by atoms with van der Waals surface area (Å²) >= 11 is 0. The van der Waals surface area contributed by atoms with Crippen molar-refractivity contribution in [3.05, 3.63) is 59.2 Å². The van der Waals surface area contributed by atoms with Crippen molar-refractivity contribution in [1.29, 1.82) is 0 Å². The second-order valence-electron chi connectivity index (χ2n) is 5.05. The SMILES string of the molecule is Cc1ccc(-c2ccc(C)c(C3=NCCN3)c2)cc1.Cl. The van der Waals surface area contributed by atoms with Gasteiger partial charge in [-0.15, -0.1) is 12.4 Å². The second kappa shape index (κ2) is 6.10. The minimum atomic E-state index is 0. The Bertz CT molecular complexity index is 630. The Morgan fingerprint density at radius 1 is 0.950 bits per heavy atom. The highest BCUT2D eigenvalue weighted by Gasteiger charge is 2.11. The minimum Gasteiger partial charge on any atom is -0.368 e. The van der Waals surface area contributed by atoms with Crippen molar-refractivity contribution in [2.45, 2.75) is 13.8 Å². The first-order valence-corrected chi connectivity index (χ1v) is 6.70. The molecule has 2 aromatic rings. The lowest BCUT2D eigenvalue weighted by Gasteiger charge is -2.10. The Balaban J connectivity index is 0.00000147. The topological polar surface area (TPSA) is 24.4 Å². The molecule has 20 heavy (non-hydrogen) atoms. The molecular weight excluding hydrogens is 268 g/mol. The molecule has 1 aliphatic heterocycles. The summed E-state index contributed by atoms with van der Waals surface area (Å²) in [5, 5.41) is 3.35. The minimum absolute atomic E-state index is 0. The molecule has 2 aromatic carbocycles. The van der Waals surface area contributed by atoms with Crippen LogP contribution >= 0.6 is 12.4 Å². The Morgan fingerprint density at radius 2 is 1.65 bits per heavy atom. The fourth-order valence-corrected chi connectivity index (χ4v) is 2.38. The highest BCUT2D eigenvalue weighted by Crippen LogP contribution is 2.23. The first-order valence-electron chi connectivity index (χ1n) is 6.70. The number of hydrogen-bond donors (Lipinski definition) is 1. The summed E-state index contributed by atoms with van der Waals surface area (Å²) < 4.78 is 0. The molecule has 1 aliphatic rings. The maximum absolute atomic E-state index is 4.52. The van der Waals surface area contributed by atoms with Gasteiger partial charge in [0.1, 0.15) is 5.84 Å². The smallest absolute Gasteiger partial charge is 0.128 e. The zero-order valence-electron chi connectivity index (χ0n) is 11.8. The number of halogens is 1. The number of aliphatic imine (C=N–C) groups is 1. The standard InChI is InChI=1S/C17H18N2.ClH/c1-12-3-6-14(7-4-12)15-8-5-13(2)16(11-15)17-18-9-10-19-17;/h3-8,11H,9-10H2,1-2H3,(H,18,19);1H. The lowest BCUT2D eigenvalue weighted by atomic mass is 9.98. The van der Waals surface area contributed by atoms with Gasteiger partial charge in [-0.05, 0) is 36.6 Å². The van der Waals surface area contributed by atoms with Gasteiger partial charge >= 0.3 is 0 Å². The van der Waals surface area contributed by atoms with Gasteiger partial charge in [-0.1, -0.05) is 42.0 Å². The Labute approximate surface area is 126 Å². The van der Waals surface area contributed by atoms with Gasteiger partial charge in [0.25, 0.3) is 0 Å². The molecule has 0 bridgehead atoms. The Hall–Kier alpha value is -1.80. The fraction of sp³-hybridized carbons (Fsp3) is 0.235. The number of hydrogen-bond acceptors (Lipinski definition) is 2. The third kappa shape index (κ3) is 2.86. The largest absolute Gasteiger partial charge is 0.368 e. The van der Waals surface area contributed by atoms with Gasteiger partial charge in [0, 0.05) is 12.1 Å². The summed E-state index contributed by atoms with van der Waals surface area (Å²) in [7, 11) is 0. The zero-order valence-corrected chi connectivity index (χ0v) is 12.6. The van der Waals surface area contributed by atoms with Crippen molar-refractivity contribution >= 4 is 18.2 Å². The zero-order chi connectivity index (χ0) is 13.2. The quantitative estimate of drug-likeness (QED) is 0.893. The maximum atomic E-state index is 4.52. The van der Waals surface area contributed by atoms with Gasteiger partial charge in [0.05, 0.1) is 6.54 Å². The van der Waals surface area contributed by atoms with E-state index in [0.717, 1.165) is 18.9 Å². The van der Waals surface area contributed by atoms with Crippen molar-refractivity contribution in [3.63, 3.8) is 0 Å². The molecule has 0 radical (unpaired) electrons. The van der Waals surface area contributed by atoms with Crippen LogP contribution in [0.25, 0.3) is 11.1 Å². The summed E-state index contributed by atoms with van der Waals surface area (Å²) in [6.45, 7) is 6.07. The van der Waals surface area contributed by atoms with Gasteiger partial charge < -0.3 is 5.32 Å². The lowest BCUT2D eigenvalue weighted by Crippen LogP contribution is -2.20. The van der Waals surface area contributed by atoms with Crippen LogP contribution in [-0.4, -0.2) is 18.9 Å². The van der Waals surface area contributed by atoms with E-state index in [1.165, 1.54) is 27.8 Å². The number of nitrogens with one attached hydrogen (secondary N) is 1. The summed E-state index contributed by atoms with van der Waals surface area (Å²) in [6.07, 6.45) is 0. The molecule has 3 heteroatoms. The molecule has 0 aromatic heterocycles. The molecule has 0 fully saturated rings. The van der Waals surface area contributed by atoms with Crippen LogP contribution in [0.5, 0.6) is 0 Å². The lowest BCUT2D eigenvalue weighted by molar-refractivity contribution is 0.959. The molecule has 0 atom stereocenters. The number of nitrogens with zero attached hydrogens (tertiary/aromatic N) is 1. The van der Waals surface area contributed by atoms with Crippen LogP contribution < -0.4 is 5.32 Å². The molecule has 0 unspecified atom stereocenters. The van der Waals surface area contributed by atoms with Crippen LogP contribution in [0.2, 0.25) is 0 Å². The van der Waals surface area contributed by atoms with Crippen LogP contribution in [0.1, 0.15) is 16.7 Å². The van der Waals surface area contributed by atoms with Crippen LogP contribution in [0.3, 0.4) is 0 Å². The van der Waals surface area contributed by atoms with E-state index in [1.54, 1.807) is 0 Å². The Morgan fingerprint density at radius 3 is 2.30 bits per heavy atom. The molecule has 3 rings (SSSR count). The first-order chi connectivity index (χ1) is 9.24.